The molecule has 8 heteroatoms. The SMILES string of the molecule is CCO/C=C(/C(C)=O)C(=O)c1ccc(S(=O)(=O)CC)c(OCC)c1Cl. The Morgan fingerprint density at radius 3 is 2.28 bits per heavy atom. The van der Waals surface area contributed by atoms with Gasteiger partial charge in [0, 0.05) is 5.56 Å². The highest BCUT2D eigenvalue weighted by Crippen LogP contribution is 2.36. The lowest BCUT2D eigenvalue weighted by Gasteiger charge is -2.15. The van der Waals surface area contributed by atoms with Crippen LogP contribution in [0.2, 0.25) is 5.02 Å². The van der Waals surface area contributed by atoms with E-state index in [4.69, 9.17) is 21.1 Å². The van der Waals surface area contributed by atoms with E-state index in [1.54, 1.807) is 13.8 Å². The number of Topliss-reactive ketones (excluding diaryl/α,β-unsaturated/α-hetero) is 2. The van der Waals surface area contributed by atoms with Crippen LogP contribution in [0.4, 0.5) is 0 Å². The molecule has 6 nitrogen and oxygen atoms in total. The van der Waals surface area contributed by atoms with Crippen LogP contribution in [0.1, 0.15) is 38.1 Å². The zero-order valence-corrected chi connectivity index (χ0v) is 16.2. The summed E-state index contributed by atoms with van der Waals surface area (Å²) in [5.41, 5.74) is -0.210. The van der Waals surface area contributed by atoms with Crippen molar-refractivity contribution in [2.24, 2.45) is 0 Å². The largest absolute Gasteiger partial charge is 0.501 e. The fourth-order valence-corrected chi connectivity index (χ4v) is 3.39. The third-order valence-corrected chi connectivity index (χ3v) is 5.43. The topological polar surface area (TPSA) is 86.7 Å². The first-order valence-electron chi connectivity index (χ1n) is 7.76. The van der Waals surface area contributed by atoms with Gasteiger partial charge < -0.3 is 9.47 Å². The maximum Gasteiger partial charge on any atom is 0.201 e. The van der Waals surface area contributed by atoms with Gasteiger partial charge in [-0.15, -0.1) is 0 Å². The standard InChI is InChI=1S/C17H21ClO6S/c1-5-23-10-13(11(4)19)16(20)12-8-9-14(25(21,22)7-3)17(15(12)18)24-6-2/h8-10H,5-7H2,1-4H3/b13-10-. The van der Waals surface area contributed by atoms with Crippen molar-refractivity contribution in [3.8, 4) is 5.75 Å². The van der Waals surface area contributed by atoms with Crippen LogP contribution in [0, 0.1) is 0 Å². The third kappa shape index (κ3) is 4.83. The molecule has 0 saturated carbocycles. The molecule has 0 N–H and O–H groups in total. The van der Waals surface area contributed by atoms with Crippen LogP contribution in [-0.2, 0) is 19.4 Å². The minimum atomic E-state index is -3.59. The van der Waals surface area contributed by atoms with E-state index in [-0.39, 0.29) is 45.8 Å². The number of ketones is 2. The highest BCUT2D eigenvalue weighted by atomic mass is 35.5. The minimum absolute atomic E-state index is 0.0266. The Morgan fingerprint density at radius 2 is 1.80 bits per heavy atom. The van der Waals surface area contributed by atoms with Crippen LogP contribution in [0.15, 0.2) is 28.9 Å². The van der Waals surface area contributed by atoms with E-state index in [0.29, 0.717) is 0 Å². The van der Waals surface area contributed by atoms with Gasteiger partial charge in [0.15, 0.2) is 21.4 Å². The van der Waals surface area contributed by atoms with E-state index < -0.39 is 21.4 Å². The number of hydrogen-bond donors (Lipinski definition) is 0. The molecule has 1 rings (SSSR count). The summed E-state index contributed by atoms with van der Waals surface area (Å²) in [6.45, 7) is 6.56. The van der Waals surface area contributed by atoms with Crippen LogP contribution in [0.5, 0.6) is 5.75 Å². The maximum absolute atomic E-state index is 12.6. The number of allylic oxidation sites excluding steroid dienone is 1. The van der Waals surface area contributed by atoms with Gasteiger partial charge >= 0.3 is 0 Å². The molecule has 0 heterocycles. The molecular formula is C17H21ClO6S. The molecule has 0 aliphatic rings. The summed E-state index contributed by atoms with van der Waals surface area (Å²) < 4.78 is 34.8. The molecule has 25 heavy (non-hydrogen) atoms. The Hall–Kier alpha value is -1.86. The molecule has 0 aliphatic carbocycles. The van der Waals surface area contributed by atoms with Gasteiger partial charge in [0.25, 0.3) is 0 Å². The number of ether oxygens (including phenoxy) is 2. The molecule has 0 saturated heterocycles. The molecule has 0 aliphatic heterocycles. The van der Waals surface area contributed by atoms with Gasteiger partial charge in [-0.25, -0.2) is 8.42 Å². The van der Waals surface area contributed by atoms with Gasteiger partial charge in [-0.2, -0.15) is 0 Å². The lowest BCUT2D eigenvalue weighted by molar-refractivity contribution is -0.113. The van der Waals surface area contributed by atoms with Crippen molar-refractivity contribution in [2.75, 3.05) is 19.0 Å². The molecule has 0 unspecified atom stereocenters. The molecule has 0 spiro atoms. The molecule has 138 valence electrons. The first kappa shape index (κ1) is 21.2. The van der Waals surface area contributed by atoms with Gasteiger partial charge in [0.1, 0.15) is 4.90 Å². The summed E-state index contributed by atoms with van der Waals surface area (Å²) in [4.78, 5) is 24.3. The lowest BCUT2D eigenvalue weighted by atomic mass is 10.0. The second-order valence-corrected chi connectivity index (χ2v) is 7.59. The molecule has 0 radical (unpaired) electrons. The van der Waals surface area contributed by atoms with Gasteiger partial charge in [0.05, 0.1) is 35.8 Å². The predicted molar refractivity (Wildman–Crippen MR) is 95.1 cm³/mol. The third-order valence-electron chi connectivity index (χ3n) is 3.30. The van der Waals surface area contributed by atoms with Crippen molar-refractivity contribution in [2.45, 2.75) is 32.6 Å². The fourth-order valence-electron chi connectivity index (χ4n) is 2.00. The molecule has 0 atom stereocenters. The number of hydrogen-bond acceptors (Lipinski definition) is 6. The maximum atomic E-state index is 12.6. The second-order valence-electron chi connectivity index (χ2n) is 4.96. The molecular weight excluding hydrogens is 368 g/mol. The molecule has 0 amide bonds. The molecule has 1 aromatic carbocycles. The van der Waals surface area contributed by atoms with Gasteiger partial charge in [-0.1, -0.05) is 18.5 Å². The van der Waals surface area contributed by atoms with Crippen LogP contribution in [-0.4, -0.2) is 39.0 Å². The zero-order valence-electron chi connectivity index (χ0n) is 14.6. The van der Waals surface area contributed by atoms with Crippen molar-refractivity contribution >= 4 is 33.0 Å². The number of benzene rings is 1. The van der Waals surface area contributed by atoms with E-state index in [9.17, 15) is 18.0 Å². The molecule has 1 aromatic rings. The summed E-state index contributed by atoms with van der Waals surface area (Å²) in [5.74, 6) is -1.37. The monoisotopic (exact) mass is 388 g/mol. The van der Waals surface area contributed by atoms with E-state index >= 15 is 0 Å². The molecule has 0 fully saturated rings. The van der Waals surface area contributed by atoms with E-state index in [2.05, 4.69) is 0 Å². The van der Waals surface area contributed by atoms with Gasteiger partial charge in [-0.3, -0.25) is 9.59 Å². The van der Waals surface area contributed by atoms with Crippen molar-refractivity contribution in [3.05, 3.63) is 34.6 Å². The first-order valence-corrected chi connectivity index (χ1v) is 9.79. The molecule has 0 bridgehead atoms. The van der Waals surface area contributed by atoms with Crippen LogP contribution < -0.4 is 4.74 Å². The Balaban J connectivity index is 3.55. The van der Waals surface area contributed by atoms with E-state index in [1.807, 2.05) is 0 Å². The average molecular weight is 389 g/mol. The zero-order chi connectivity index (χ0) is 19.2. The first-order chi connectivity index (χ1) is 11.7. The summed E-state index contributed by atoms with van der Waals surface area (Å²) in [7, 11) is -3.59. The number of carbonyl (C=O) groups excluding carboxylic acids is 2. The van der Waals surface area contributed by atoms with Crippen LogP contribution >= 0.6 is 11.6 Å². The van der Waals surface area contributed by atoms with Gasteiger partial charge in [0.2, 0.25) is 5.78 Å². The normalized spacial score (nSPS) is 12.0. The Bertz CT molecular complexity index is 796. The van der Waals surface area contributed by atoms with Gasteiger partial charge in [-0.05, 0) is 32.9 Å². The number of halogens is 1. The predicted octanol–water partition coefficient (Wildman–Crippen LogP) is 3.22. The second kappa shape index (κ2) is 9.01. The van der Waals surface area contributed by atoms with Crippen molar-refractivity contribution in [1.29, 1.82) is 0 Å². The highest BCUT2D eigenvalue weighted by Gasteiger charge is 2.27. The Labute approximate surface area is 152 Å². The van der Waals surface area contributed by atoms with Crippen LogP contribution in [0.3, 0.4) is 0 Å². The number of rotatable bonds is 9. The highest BCUT2D eigenvalue weighted by molar-refractivity contribution is 7.91. The van der Waals surface area contributed by atoms with E-state index in [1.165, 1.54) is 26.0 Å². The number of carbonyl (C=O) groups is 2. The molecule has 0 aromatic heterocycles. The summed E-state index contributed by atoms with van der Waals surface area (Å²) in [5, 5.41) is -0.148. The lowest BCUT2D eigenvalue weighted by Crippen LogP contribution is -2.14. The minimum Gasteiger partial charge on any atom is -0.501 e. The summed E-state index contributed by atoms with van der Waals surface area (Å²) in [6.07, 6.45) is 1.08. The summed E-state index contributed by atoms with van der Waals surface area (Å²) >= 11 is 6.24. The van der Waals surface area contributed by atoms with E-state index in [0.717, 1.165) is 6.26 Å². The van der Waals surface area contributed by atoms with Crippen LogP contribution in [0.25, 0.3) is 0 Å². The quantitative estimate of drug-likeness (QED) is 0.212. The Morgan fingerprint density at radius 1 is 1.16 bits per heavy atom. The van der Waals surface area contributed by atoms with Crippen molar-refractivity contribution in [3.63, 3.8) is 0 Å². The fraction of sp³-hybridized carbons (Fsp3) is 0.412. The average Bonchev–Trinajstić information content (AvgIpc) is 2.56. The number of sulfone groups is 1. The smallest absolute Gasteiger partial charge is 0.201 e. The summed E-state index contributed by atoms with van der Waals surface area (Å²) in [6, 6.07) is 2.54. The Kier molecular flexibility index (Phi) is 7.63. The van der Waals surface area contributed by atoms with Crippen molar-refractivity contribution in [1.82, 2.24) is 0 Å². The van der Waals surface area contributed by atoms with Crippen molar-refractivity contribution < 1.29 is 27.5 Å².